The van der Waals surface area contributed by atoms with Crippen LogP contribution in [0.4, 0.5) is 4.79 Å². The Labute approximate surface area is 117 Å². The Morgan fingerprint density at radius 2 is 2.20 bits per heavy atom. The summed E-state index contributed by atoms with van der Waals surface area (Å²) in [4.78, 5) is 13.4. The van der Waals surface area contributed by atoms with Crippen LogP contribution in [-0.2, 0) is 17.7 Å². The number of carbonyl (C=O) groups excluding carboxylic acids is 1. The topological polar surface area (TPSA) is 60.2 Å². The first-order valence-corrected chi connectivity index (χ1v) is 6.54. The summed E-state index contributed by atoms with van der Waals surface area (Å²) in [6, 6.07) is 10.3. The number of aromatic nitrogens is 3. The van der Waals surface area contributed by atoms with Crippen molar-refractivity contribution in [2.75, 3.05) is 13.7 Å². The van der Waals surface area contributed by atoms with Crippen molar-refractivity contribution in [3.63, 3.8) is 0 Å². The lowest BCUT2D eigenvalue weighted by atomic mass is 10.0. The molecule has 1 atom stereocenters. The van der Waals surface area contributed by atoms with Gasteiger partial charge in [0, 0.05) is 6.54 Å². The number of benzene rings is 1. The molecule has 6 nitrogen and oxygen atoms in total. The van der Waals surface area contributed by atoms with Gasteiger partial charge in [0.2, 0.25) is 0 Å². The number of amides is 1. The Morgan fingerprint density at radius 3 is 2.95 bits per heavy atom. The van der Waals surface area contributed by atoms with Crippen LogP contribution in [0, 0.1) is 0 Å². The monoisotopic (exact) mass is 272 g/mol. The number of rotatable bonds is 2. The number of hydrogen-bond acceptors (Lipinski definition) is 4. The predicted octanol–water partition coefficient (Wildman–Crippen LogP) is 1.64. The smallest absolute Gasteiger partial charge is 0.409 e. The maximum Gasteiger partial charge on any atom is 0.409 e. The van der Waals surface area contributed by atoms with Crippen LogP contribution in [0.15, 0.2) is 36.5 Å². The molecule has 1 aromatic heterocycles. The molecule has 0 spiro atoms. The molecule has 0 saturated carbocycles. The van der Waals surface area contributed by atoms with E-state index in [-0.39, 0.29) is 12.1 Å². The van der Waals surface area contributed by atoms with Gasteiger partial charge in [0.25, 0.3) is 0 Å². The Kier molecular flexibility index (Phi) is 3.37. The SMILES string of the molecule is COC(=O)N1Cc2cnnn2[C@H](Cc2ccccc2)C1. The average molecular weight is 272 g/mol. The zero-order valence-electron chi connectivity index (χ0n) is 11.3. The van der Waals surface area contributed by atoms with Gasteiger partial charge in [0.05, 0.1) is 31.6 Å². The van der Waals surface area contributed by atoms with Gasteiger partial charge in [0.1, 0.15) is 0 Å². The van der Waals surface area contributed by atoms with Gasteiger partial charge < -0.3 is 9.64 Å². The molecule has 1 aliphatic heterocycles. The van der Waals surface area contributed by atoms with Crippen LogP contribution in [0.2, 0.25) is 0 Å². The second kappa shape index (κ2) is 5.32. The standard InChI is InChI=1S/C14H16N4O2/c1-20-14(19)17-9-12(7-11-5-3-2-4-6-11)18-13(10-17)8-15-16-18/h2-6,8,12H,7,9-10H2,1H3/t12-/m1/s1. The molecule has 6 heteroatoms. The Morgan fingerprint density at radius 1 is 1.40 bits per heavy atom. The molecule has 0 aliphatic carbocycles. The van der Waals surface area contributed by atoms with Gasteiger partial charge >= 0.3 is 6.09 Å². The molecule has 1 aliphatic rings. The van der Waals surface area contributed by atoms with E-state index < -0.39 is 0 Å². The molecule has 1 amide bonds. The fourth-order valence-electron chi connectivity index (χ4n) is 2.58. The van der Waals surface area contributed by atoms with Crippen molar-refractivity contribution < 1.29 is 9.53 Å². The van der Waals surface area contributed by atoms with Crippen LogP contribution in [0.25, 0.3) is 0 Å². The summed E-state index contributed by atoms with van der Waals surface area (Å²) >= 11 is 0. The molecular formula is C14H16N4O2. The van der Waals surface area contributed by atoms with Gasteiger partial charge in [-0.15, -0.1) is 5.10 Å². The summed E-state index contributed by atoms with van der Waals surface area (Å²) in [7, 11) is 1.40. The van der Waals surface area contributed by atoms with Crippen molar-refractivity contribution in [3.8, 4) is 0 Å². The zero-order chi connectivity index (χ0) is 13.9. The van der Waals surface area contributed by atoms with E-state index in [1.807, 2.05) is 22.9 Å². The summed E-state index contributed by atoms with van der Waals surface area (Å²) in [5.74, 6) is 0. The fourth-order valence-corrected chi connectivity index (χ4v) is 2.58. The molecule has 0 N–H and O–H groups in total. The highest BCUT2D eigenvalue weighted by Gasteiger charge is 2.29. The number of fused-ring (bicyclic) bond motifs is 1. The maximum atomic E-state index is 11.8. The van der Waals surface area contributed by atoms with Crippen molar-refractivity contribution in [2.45, 2.75) is 19.0 Å². The summed E-state index contributed by atoms with van der Waals surface area (Å²) in [6.07, 6.45) is 2.20. The minimum atomic E-state index is -0.310. The first-order chi connectivity index (χ1) is 9.78. The number of carbonyl (C=O) groups is 1. The van der Waals surface area contributed by atoms with Crippen LogP contribution in [0.5, 0.6) is 0 Å². The molecule has 104 valence electrons. The zero-order valence-corrected chi connectivity index (χ0v) is 11.3. The fraction of sp³-hybridized carbons (Fsp3) is 0.357. The van der Waals surface area contributed by atoms with Crippen molar-refractivity contribution in [3.05, 3.63) is 47.8 Å². The number of methoxy groups -OCH3 is 1. The Bertz CT molecular complexity index is 596. The molecule has 0 unspecified atom stereocenters. The molecule has 3 rings (SSSR count). The van der Waals surface area contributed by atoms with E-state index in [1.54, 1.807) is 11.1 Å². The van der Waals surface area contributed by atoms with Crippen LogP contribution < -0.4 is 0 Å². The third-order valence-corrected chi connectivity index (χ3v) is 3.53. The highest BCUT2D eigenvalue weighted by molar-refractivity contribution is 5.67. The third-order valence-electron chi connectivity index (χ3n) is 3.53. The summed E-state index contributed by atoms with van der Waals surface area (Å²) in [5, 5.41) is 8.09. The van der Waals surface area contributed by atoms with Crippen molar-refractivity contribution in [2.24, 2.45) is 0 Å². The highest BCUT2D eigenvalue weighted by atomic mass is 16.5. The van der Waals surface area contributed by atoms with Gasteiger partial charge in [-0.1, -0.05) is 35.5 Å². The van der Waals surface area contributed by atoms with Crippen LogP contribution in [0.1, 0.15) is 17.3 Å². The van der Waals surface area contributed by atoms with Gasteiger partial charge in [-0.2, -0.15) is 0 Å². The molecular weight excluding hydrogens is 256 g/mol. The largest absolute Gasteiger partial charge is 0.453 e. The predicted molar refractivity (Wildman–Crippen MR) is 72.0 cm³/mol. The quantitative estimate of drug-likeness (QED) is 0.834. The van der Waals surface area contributed by atoms with E-state index in [0.29, 0.717) is 13.1 Å². The molecule has 0 radical (unpaired) electrons. The number of hydrogen-bond donors (Lipinski definition) is 0. The molecule has 2 heterocycles. The van der Waals surface area contributed by atoms with Crippen LogP contribution in [-0.4, -0.2) is 39.6 Å². The summed E-state index contributed by atoms with van der Waals surface area (Å²) in [6.45, 7) is 1.07. The average Bonchev–Trinajstić information content (AvgIpc) is 2.96. The van der Waals surface area contributed by atoms with Crippen molar-refractivity contribution >= 4 is 6.09 Å². The lowest BCUT2D eigenvalue weighted by Crippen LogP contribution is -2.41. The number of ether oxygens (including phenoxy) is 1. The Balaban J connectivity index is 1.84. The second-order valence-corrected chi connectivity index (χ2v) is 4.86. The molecule has 0 saturated heterocycles. The van der Waals surface area contributed by atoms with E-state index in [4.69, 9.17) is 4.74 Å². The lowest BCUT2D eigenvalue weighted by molar-refractivity contribution is 0.101. The molecule has 0 bridgehead atoms. The lowest BCUT2D eigenvalue weighted by Gasteiger charge is -2.32. The van der Waals surface area contributed by atoms with E-state index in [1.165, 1.54) is 12.7 Å². The normalized spacial score (nSPS) is 17.6. The molecule has 20 heavy (non-hydrogen) atoms. The highest BCUT2D eigenvalue weighted by Crippen LogP contribution is 2.23. The van der Waals surface area contributed by atoms with Crippen LogP contribution in [0.3, 0.4) is 0 Å². The van der Waals surface area contributed by atoms with Crippen LogP contribution >= 0.6 is 0 Å². The minimum Gasteiger partial charge on any atom is -0.453 e. The van der Waals surface area contributed by atoms with E-state index >= 15 is 0 Å². The number of nitrogens with zero attached hydrogens (tertiary/aromatic N) is 4. The van der Waals surface area contributed by atoms with Gasteiger partial charge in [-0.3, -0.25) is 0 Å². The van der Waals surface area contributed by atoms with Crippen molar-refractivity contribution in [1.29, 1.82) is 0 Å². The first kappa shape index (κ1) is 12.7. The molecule has 2 aromatic rings. The third kappa shape index (κ3) is 2.36. The van der Waals surface area contributed by atoms with Gasteiger partial charge in [0.15, 0.2) is 0 Å². The van der Waals surface area contributed by atoms with E-state index in [0.717, 1.165) is 12.1 Å². The molecule has 0 fully saturated rings. The Hall–Kier alpha value is -2.37. The second-order valence-electron chi connectivity index (χ2n) is 4.86. The summed E-state index contributed by atoms with van der Waals surface area (Å²) < 4.78 is 6.73. The van der Waals surface area contributed by atoms with Crippen molar-refractivity contribution in [1.82, 2.24) is 19.9 Å². The minimum absolute atomic E-state index is 0.0859. The van der Waals surface area contributed by atoms with E-state index in [9.17, 15) is 4.79 Å². The van der Waals surface area contributed by atoms with Gasteiger partial charge in [-0.05, 0) is 12.0 Å². The van der Waals surface area contributed by atoms with E-state index in [2.05, 4.69) is 22.4 Å². The first-order valence-electron chi connectivity index (χ1n) is 6.54. The summed E-state index contributed by atoms with van der Waals surface area (Å²) in [5.41, 5.74) is 2.15. The molecule has 1 aromatic carbocycles. The van der Waals surface area contributed by atoms with Gasteiger partial charge in [-0.25, -0.2) is 9.48 Å². The maximum absolute atomic E-state index is 11.8.